The Bertz CT molecular complexity index is 829. The third-order valence-electron chi connectivity index (χ3n) is 3.15. The first-order valence-corrected chi connectivity index (χ1v) is 9.78. The molecule has 0 saturated heterocycles. The Morgan fingerprint density at radius 2 is 1.76 bits per heavy atom. The topological polar surface area (TPSA) is 64.7 Å². The molecule has 0 saturated carbocycles. The zero-order valence-electron chi connectivity index (χ0n) is 14.0. The zero-order valence-corrected chi connectivity index (χ0v) is 15.7. The Morgan fingerprint density at radius 1 is 1.00 bits per heavy atom. The van der Waals surface area contributed by atoms with Crippen LogP contribution in [0, 0.1) is 13.8 Å². The van der Waals surface area contributed by atoms with Crippen LogP contribution in [0.1, 0.15) is 22.8 Å². The normalized spacial score (nSPS) is 11.3. The van der Waals surface area contributed by atoms with Gasteiger partial charge in [0, 0.05) is 17.1 Å². The minimum atomic E-state index is 0.566. The molecule has 0 aliphatic heterocycles. The Kier molecular flexibility index (Phi) is 6.25. The molecule has 0 unspecified atom stereocenters. The molecular weight excluding hydrogens is 352 g/mol. The maximum Gasteiger partial charge on any atom is 0.276 e. The summed E-state index contributed by atoms with van der Waals surface area (Å²) >= 11 is 3.02. The van der Waals surface area contributed by atoms with Gasteiger partial charge in [-0.3, -0.25) is 0 Å². The predicted molar refractivity (Wildman–Crippen MR) is 102 cm³/mol. The van der Waals surface area contributed by atoms with Gasteiger partial charge in [0.05, 0.1) is 5.75 Å². The molecule has 0 fully saturated rings. The van der Waals surface area contributed by atoms with Gasteiger partial charge in [0.2, 0.25) is 5.89 Å². The van der Waals surface area contributed by atoms with Crippen LogP contribution in [0.15, 0.2) is 57.3 Å². The van der Waals surface area contributed by atoms with E-state index in [1.54, 1.807) is 0 Å². The fourth-order valence-electron chi connectivity index (χ4n) is 2.11. The molecule has 25 heavy (non-hydrogen) atoms. The zero-order chi connectivity index (χ0) is 17.5. The lowest BCUT2D eigenvalue weighted by Crippen LogP contribution is -1.93. The Hall–Kier alpha value is -2.12. The molecule has 7 heteroatoms. The molecule has 0 atom stereocenters. The van der Waals surface area contributed by atoms with Crippen LogP contribution in [0.4, 0.5) is 0 Å². The van der Waals surface area contributed by atoms with Crippen molar-refractivity contribution in [3.8, 4) is 0 Å². The molecule has 128 valence electrons. The lowest BCUT2D eigenvalue weighted by molar-refractivity contribution is 0.427. The number of thioether (sulfide) groups is 2. The molecule has 5 nitrogen and oxygen atoms in total. The number of nitrogens with zero attached hydrogens (tertiary/aromatic N) is 4. The second-order valence-electron chi connectivity index (χ2n) is 5.31. The summed E-state index contributed by atoms with van der Waals surface area (Å²) in [6.07, 6.45) is 4.17. The first-order valence-electron chi connectivity index (χ1n) is 7.81. The van der Waals surface area contributed by atoms with Crippen molar-refractivity contribution in [3.63, 3.8) is 0 Å². The number of hydrogen-bond acceptors (Lipinski definition) is 7. The van der Waals surface area contributed by atoms with Gasteiger partial charge < -0.3 is 4.42 Å². The van der Waals surface area contributed by atoms with E-state index in [1.165, 1.54) is 29.1 Å². The fourth-order valence-corrected chi connectivity index (χ4v) is 3.48. The lowest BCUT2D eigenvalue weighted by Gasteiger charge is -2.00. The second kappa shape index (κ2) is 8.82. The van der Waals surface area contributed by atoms with E-state index in [0.717, 1.165) is 22.3 Å². The summed E-state index contributed by atoms with van der Waals surface area (Å²) < 4.78 is 5.65. The molecule has 0 N–H and O–H groups in total. The van der Waals surface area contributed by atoms with Crippen molar-refractivity contribution in [2.75, 3.05) is 5.75 Å². The summed E-state index contributed by atoms with van der Waals surface area (Å²) in [5.41, 5.74) is 3.10. The average Bonchev–Trinajstić information content (AvgIpc) is 3.05. The van der Waals surface area contributed by atoms with Crippen LogP contribution < -0.4 is 0 Å². The quantitative estimate of drug-likeness (QED) is 0.446. The summed E-state index contributed by atoms with van der Waals surface area (Å²) in [5, 5.41) is 9.45. The SMILES string of the molecule is Cc1cc(C)nc(SCc2nnc(SC/C=C/c3ccccc3)o2)n1. The third kappa shape index (κ3) is 5.72. The second-order valence-corrected chi connectivity index (χ2v) is 7.22. The first-order chi connectivity index (χ1) is 12.2. The lowest BCUT2D eigenvalue weighted by atomic mass is 10.2. The molecule has 1 aromatic carbocycles. The highest BCUT2D eigenvalue weighted by atomic mass is 32.2. The van der Waals surface area contributed by atoms with Crippen LogP contribution in [0.3, 0.4) is 0 Å². The van der Waals surface area contributed by atoms with E-state index in [9.17, 15) is 0 Å². The number of aromatic nitrogens is 4. The van der Waals surface area contributed by atoms with Crippen LogP contribution in [-0.4, -0.2) is 25.9 Å². The van der Waals surface area contributed by atoms with Gasteiger partial charge >= 0.3 is 0 Å². The molecule has 0 aliphatic carbocycles. The van der Waals surface area contributed by atoms with Crippen LogP contribution in [0.5, 0.6) is 0 Å². The maximum absolute atomic E-state index is 5.65. The van der Waals surface area contributed by atoms with Gasteiger partial charge in [-0.2, -0.15) is 0 Å². The molecule has 3 aromatic rings. The van der Waals surface area contributed by atoms with Crippen LogP contribution >= 0.6 is 23.5 Å². The largest absolute Gasteiger partial charge is 0.415 e. The molecule has 0 amide bonds. The summed E-state index contributed by atoms with van der Waals surface area (Å²) in [4.78, 5) is 8.79. The van der Waals surface area contributed by atoms with Gasteiger partial charge in [0.25, 0.3) is 5.22 Å². The summed E-state index contributed by atoms with van der Waals surface area (Å²) in [7, 11) is 0. The summed E-state index contributed by atoms with van der Waals surface area (Å²) in [5.74, 6) is 1.93. The van der Waals surface area contributed by atoms with Gasteiger partial charge in [0.15, 0.2) is 5.16 Å². The monoisotopic (exact) mass is 370 g/mol. The van der Waals surface area contributed by atoms with Gasteiger partial charge in [0.1, 0.15) is 0 Å². The average molecular weight is 371 g/mol. The van der Waals surface area contributed by atoms with Crippen molar-refractivity contribution >= 4 is 29.6 Å². The number of aryl methyl sites for hydroxylation is 2. The molecule has 0 bridgehead atoms. The Morgan fingerprint density at radius 3 is 2.52 bits per heavy atom. The molecule has 2 heterocycles. The van der Waals surface area contributed by atoms with Crippen molar-refractivity contribution in [1.29, 1.82) is 0 Å². The molecule has 0 aliphatic rings. The Labute approximate surface area is 155 Å². The molecule has 3 rings (SSSR count). The van der Waals surface area contributed by atoms with E-state index in [1.807, 2.05) is 38.1 Å². The molecular formula is C18H18N4OS2. The van der Waals surface area contributed by atoms with Crippen LogP contribution in [0.2, 0.25) is 0 Å². The minimum Gasteiger partial charge on any atom is -0.415 e. The van der Waals surface area contributed by atoms with Crippen molar-refractivity contribution < 1.29 is 4.42 Å². The highest BCUT2D eigenvalue weighted by molar-refractivity contribution is 7.99. The molecule has 0 radical (unpaired) electrons. The maximum atomic E-state index is 5.65. The van der Waals surface area contributed by atoms with Gasteiger partial charge in [-0.15, -0.1) is 10.2 Å². The standard InChI is InChI=1S/C18H18N4OS2/c1-13-11-14(2)20-17(19-13)25-12-16-21-22-18(23-16)24-10-6-9-15-7-4-3-5-8-15/h3-9,11H,10,12H2,1-2H3/b9-6+. The van der Waals surface area contributed by atoms with E-state index in [4.69, 9.17) is 4.42 Å². The first kappa shape index (κ1) is 17.7. The minimum absolute atomic E-state index is 0.566. The summed E-state index contributed by atoms with van der Waals surface area (Å²) in [6.45, 7) is 3.92. The summed E-state index contributed by atoms with van der Waals surface area (Å²) in [6, 6.07) is 12.1. The van der Waals surface area contributed by atoms with Gasteiger partial charge in [-0.1, -0.05) is 66.0 Å². The highest BCUT2D eigenvalue weighted by Gasteiger charge is 2.08. The van der Waals surface area contributed by atoms with E-state index in [0.29, 0.717) is 16.9 Å². The van der Waals surface area contributed by atoms with Crippen molar-refractivity contribution in [3.05, 3.63) is 65.3 Å². The van der Waals surface area contributed by atoms with Gasteiger partial charge in [-0.25, -0.2) is 9.97 Å². The smallest absolute Gasteiger partial charge is 0.276 e. The van der Waals surface area contributed by atoms with E-state index >= 15 is 0 Å². The van der Waals surface area contributed by atoms with E-state index in [2.05, 4.69) is 44.5 Å². The molecule has 2 aromatic heterocycles. The number of benzene rings is 1. The number of hydrogen-bond donors (Lipinski definition) is 0. The van der Waals surface area contributed by atoms with Crippen molar-refractivity contribution in [2.24, 2.45) is 0 Å². The fraction of sp³-hybridized carbons (Fsp3) is 0.222. The predicted octanol–water partition coefficient (Wildman–Crippen LogP) is 4.57. The molecule has 0 spiro atoms. The van der Waals surface area contributed by atoms with E-state index in [-0.39, 0.29) is 0 Å². The van der Waals surface area contributed by atoms with E-state index < -0.39 is 0 Å². The Balaban J connectivity index is 1.48. The highest BCUT2D eigenvalue weighted by Crippen LogP contribution is 2.22. The van der Waals surface area contributed by atoms with Crippen LogP contribution in [-0.2, 0) is 5.75 Å². The number of rotatable bonds is 7. The van der Waals surface area contributed by atoms with Crippen LogP contribution in [0.25, 0.3) is 6.08 Å². The third-order valence-corrected chi connectivity index (χ3v) is 4.75. The van der Waals surface area contributed by atoms with Gasteiger partial charge in [-0.05, 0) is 25.5 Å². The van der Waals surface area contributed by atoms with Crippen molar-refractivity contribution in [1.82, 2.24) is 20.2 Å². The van der Waals surface area contributed by atoms with Crippen molar-refractivity contribution in [2.45, 2.75) is 30.0 Å².